The molecule has 2 nitrogen and oxygen atoms in total. The summed E-state index contributed by atoms with van der Waals surface area (Å²) in [6, 6.07) is 53.1. The van der Waals surface area contributed by atoms with Crippen LogP contribution >= 0.6 is 0 Å². The van der Waals surface area contributed by atoms with Crippen molar-refractivity contribution >= 4 is 38.7 Å². The average molecular weight is 588 g/mol. The van der Waals surface area contributed by atoms with E-state index in [-0.39, 0.29) is 6.10 Å². The van der Waals surface area contributed by atoms with E-state index < -0.39 is 0 Å². The maximum absolute atomic E-state index is 6.53. The molecule has 1 aromatic heterocycles. The van der Waals surface area contributed by atoms with Gasteiger partial charge < -0.3 is 9.30 Å². The van der Waals surface area contributed by atoms with Crippen molar-refractivity contribution in [3.63, 3.8) is 0 Å². The van der Waals surface area contributed by atoms with E-state index in [2.05, 4.69) is 162 Å². The van der Waals surface area contributed by atoms with Gasteiger partial charge in [0.2, 0.25) is 0 Å². The standard InChI is InChI=1S/C44H29NO/c1-2-16-34(17-3-1)45-40-27-31-11-5-4-10-30(31)25-38(40)37-20-9-18-35(44(37)45)33-15-6-14-29(24-33)32-22-23-41-39(26-32)36-19-7-12-28-13-8-21-42(46-41)43(28)36/h1-20,22-27,42H,21H2. The Morgan fingerprint density at radius 1 is 0.543 bits per heavy atom. The van der Waals surface area contributed by atoms with Gasteiger partial charge in [0.25, 0.3) is 0 Å². The van der Waals surface area contributed by atoms with Gasteiger partial charge in [-0.3, -0.25) is 0 Å². The summed E-state index contributed by atoms with van der Waals surface area (Å²) in [6.45, 7) is 0. The molecule has 8 aromatic rings. The summed E-state index contributed by atoms with van der Waals surface area (Å²) in [5.41, 5.74) is 13.4. The summed E-state index contributed by atoms with van der Waals surface area (Å²) in [5.74, 6) is 0.967. The van der Waals surface area contributed by atoms with Gasteiger partial charge in [-0.05, 0) is 81.1 Å². The highest BCUT2D eigenvalue weighted by Gasteiger charge is 2.29. The average Bonchev–Trinajstić information content (AvgIpc) is 3.44. The highest BCUT2D eigenvalue weighted by atomic mass is 16.5. The van der Waals surface area contributed by atoms with Gasteiger partial charge in [-0.1, -0.05) is 115 Å². The number of fused-ring (bicyclic) bond motifs is 6. The molecule has 2 heteroatoms. The molecular weight excluding hydrogens is 558 g/mol. The molecule has 0 radical (unpaired) electrons. The van der Waals surface area contributed by atoms with Crippen molar-refractivity contribution in [1.82, 2.24) is 4.57 Å². The van der Waals surface area contributed by atoms with E-state index in [9.17, 15) is 0 Å². The zero-order valence-corrected chi connectivity index (χ0v) is 25.2. The molecule has 1 atom stereocenters. The minimum atomic E-state index is 0.0901. The fraction of sp³-hybridized carbons (Fsp3) is 0.0455. The van der Waals surface area contributed by atoms with Crippen LogP contribution in [0.15, 0.2) is 152 Å². The lowest BCUT2D eigenvalue weighted by molar-refractivity contribution is 0.204. The number of nitrogens with zero attached hydrogens (tertiary/aromatic N) is 1. The van der Waals surface area contributed by atoms with Crippen LogP contribution in [0.5, 0.6) is 5.75 Å². The number of para-hydroxylation sites is 2. The Morgan fingerprint density at radius 3 is 2.22 bits per heavy atom. The van der Waals surface area contributed by atoms with Gasteiger partial charge >= 0.3 is 0 Å². The lowest BCUT2D eigenvalue weighted by Crippen LogP contribution is -2.16. The van der Waals surface area contributed by atoms with Gasteiger partial charge in [0.15, 0.2) is 0 Å². The predicted octanol–water partition coefficient (Wildman–Crippen LogP) is 11.8. The van der Waals surface area contributed by atoms with Crippen molar-refractivity contribution in [2.75, 3.05) is 0 Å². The number of ether oxygens (including phenoxy) is 1. The second-order valence-electron chi connectivity index (χ2n) is 12.4. The molecule has 0 spiro atoms. The molecule has 0 saturated heterocycles. The Balaban J connectivity index is 1.17. The van der Waals surface area contributed by atoms with E-state index in [1.807, 2.05) is 0 Å². The van der Waals surface area contributed by atoms with Crippen LogP contribution < -0.4 is 4.74 Å². The Kier molecular flexibility index (Phi) is 5.44. The Labute approximate surface area is 267 Å². The molecule has 2 heterocycles. The van der Waals surface area contributed by atoms with Crippen molar-refractivity contribution in [3.05, 3.63) is 163 Å². The molecule has 0 fully saturated rings. The van der Waals surface area contributed by atoms with Crippen molar-refractivity contribution in [3.8, 4) is 44.8 Å². The Hall–Kier alpha value is -5.86. The molecule has 0 saturated carbocycles. The quantitative estimate of drug-likeness (QED) is 0.201. The summed E-state index contributed by atoms with van der Waals surface area (Å²) in [6.07, 6.45) is 5.46. The number of hydrogen-bond acceptors (Lipinski definition) is 1. The van der Waals surface area contributed by atoms with Crippen LogP contribution in [0, 0.1) is 0 Å². The first-order chi connectivity index (χ1) is 22.8. The largest absolute Gasteiger partial charge is 0.485 e. The third-order valence-electron chi connectivity index (χ3n) is 9.82. The molecule has 1 unspecified atom stereocenters. The van der Waals surface area contributed by atoms with Gasteiger partial charge in [-0.25, -0.2) is 0 Å². The van der Waals surface area contributed by atoms with E-state index in [0.717, 1.165) is 17.9 Å². The van der Waals surface area contributed by atoms with Gasteiger partial charge in [0, 0.05) is 39.6 Å². The third kappa shape index (κ3) is 3.77. The van der Waals surface area contributed by atoms with Crippen LogP contribution in [0.3, 0.4) is 0 Å². The summed E-state index contributed by atoms with van der Waals surface area (Å²) < 4.78 is 8.97. The smallest absolute Gasteiger partial charge is 0.128 e. The number of rotatable bonds is 3. The first-order valence-electron chi connectivity index (χ1n) is 16.0. The lowest BCUT2D eigenvalue weighted by Gasteiger charge is -2.32. The van der Waals surface area contributed by atoms with Crippen LogP contribution in [0.2, 0.25) is 0 Å². The molecule has 0 amide bonds. The summed E-state index contributed by atoms with van der Waals surface area (Å²) in [4.78, 5) is 0. The number of aromatic nitrogens is 1. The monoisotopic (exact) mass is 587 g/mol. The van der Waals surface area contributed by atoms with Crippen molar-refractivity contribution in [2.24, 2.45) is 0 Å². The maximum atomic E-state index is 6.53. The molecule has 1 aliphatic carbocycles. The molecule has 0 N–H and O–H groups in total. The van der Waals surface area contributed by atoms with Crippen LogP contribution in [0.1, 0.15) is 23.7 Å². The van der Waals surface area contributed by atoms with Gasteiger partial charge in [-0.15, -0.1) is 0 Å². The SMILES string of the molecule is C1=Cc2cccc3c2C(C1)Oc1ccc(-c2cccc(-c4cccc5c6cc7ccccc7cc6n(-c6ccccc6)c45)c2)cc1-3. The number of hydrogen-bond donors (Lipinski definition) is 0. The highest BCUT2D eigenvalue weighted by Crippen LogP contribution is 2.48. The summed E-state index contributed by atoms with van der Waals surface area (Å²) >= 11 is 0. The predicted molar refractivity (Wildman–Crippen MR) is 192 cm³/mol. The van der Waals surface area contributed by atoms with Crippen LogP contribution in [-0.2, 0) is 0 Å². The fourth-order valence-corrected chi connectivity index (χ4v) is 7.74. The molecule has 2 aliphatic rings. The van der Waals surface area contributed by atoms with E-state index in [4.69, 9.17) is 4.74 Å². The van der Waals surface area contributed by atoms with E-state index in [1.54, 1.807) is 0 Å². The minimum Gasteiger partial charge on any atom is -0.485 e. The van der Waals surface area contributed by atoms with Crippen molar-refractivity contribution in [2.45, 2.75) is 12.5 Å². The molecule has 46 heavy (non-hydrogen) atoms. The normalized spacial score (nSPS) is 14.7. The third-order valence-corrected chi connectivity index (χ3v) is 9.82. The zero-order valence-electron chi connectivity index (χ0n) is 25.2. The van der Waals surface area contributed by atoms with E-state index in [0.29, 0.717) is 0 Å². The summed E-state index contributed by atoms with van der Waals surface area (Å²) in [7, 11) is 0. The first-order valence-corrected chi connectivity index (χ1v) is 16.0. The van der Waals surface area contributed by atoms with Gasteiger partial charge in [0.1, 0.15) is 11.9 Å². The fourth-order valence-electron chi connectivity index (χ4n) is 7.74. The molecule has 7 aromatic carbocycles. The van der Waals surface area contributed by atoms with Crippen molar-refractivity contribution in [1.29, 1.82) is 0 Å². The lowest BCUT2D eigenvalue weighted by atomic mass is 9.84. The Morgan fingerprint density at radius 2 is 1.30 bits per heavy atom. The van der Waals surface area contributed by atoms with Crippen LogP contribution in [0.4, 0.5) is 0 Å². The molecule has 1 aliphatic heterocycles. The second kappa shape index (κ2) is 9.82. The topological polar surface area (TPSA) is 14.2 Å². The van der Waals surface area contributed by atoms with Gasteiger partial charge in [-0.2, -0.15) is 0 Å². The van der Waals surface area contributed by atoms with Crippen LogP contribution in [0.25, 0.3) is 77.7 Å². The molecule has 0 bridgehead atoms. The van der Waals surface area contributed by atoms with Gasteiger partial charge in [0.05, 0.1) is 11.0 Å². The first kappa shape index (κ1) is 25.5. The maximum Gasteiger partial charge on any atom is 0.128 e. The van der Waals surface area contributed by atoms with E-state index in [1.165, 1.54) is 77.1 Å². The zero-order chi connectivity index (χ0) is 30.2. The van der Waals surface area contributed by atoms with Crippen molar-refractivity contribution < 1.29 is 4.74 Å². The number of benzene rings is 7. The summed E-state index contributed by atoms with van der Waals surface area (Å²) in [5, 5.41) is 5.03. The highest BCUT2D eigenvalue weighted by molar-refractivity contribution is 6.17. The van der Waals surface area contributed by atoms with E-state index >= 15 is 0 Å². The molecular formula is C44H29NO. The minimum absolute atomic E-state index is 0.0901. The van der Waals surface area contributed by atoms with Crippen LogP contribution in [-0.4, -0.2) is 4.57 Å². The second-order valence-corrected chi connectivity index (χ2v) is 12.4. The Bertz CT molecular complexity index is 2530. The molecule has 10 rings (SSSR count). The molecule has 216 valence electrons.